The van der Waals surface area contributed by atoms with E-state index in [-0.39, 0.29) is 0 Å². The SMILES string of the molecule is CCC(C)N(CCOC)C1CCC1CNC(C)C. The average molecular weight is 256 g/mol. The molecular weight excluding hydrogens is 224 g/mol. The summed E-state index contributed by atoms with van der Waals surface area (Å²) in [5.74, 6) is 0.832. The first-order valence-corrected chi connectivity index (χ1v) is 7.58. The molecule has 0 bridgehead atoms. The lowest BCUT2D eigenvalue weighted by Gasteiger charge is -2.47. The number of ether oxygens (including phenoxy) is 1. The Bertz CT molecular complexity index is 221. The van der Waals surface area contributed by atoms with Crippen molar-refractivity contribution >= 4 is 0 Å². The third-order valence-corrected chi connectivity index (χ3v) is 4.30. The molecule has 0 aromatic heterocycles. The minimum absolute atomic E-state index is 0.599. The Kier molecular flexibility index (Phi) is 7.20. The summed E-state index contributed by atoms with van der Waals surface area (Å²) in [6.45, 7) is 12.2. The highest BCUT2D eigenvalue weighted by molar-refractivity contribution is 4.92. The third-order valence-electron chi connectivity index (χ3n) is 4.30. The van der Waals surface area contributed by atoms with E-state index in [0.29, 0.717) is 12.1 Å². The zero-order valence-corrected chi connectivity index (χ0v) is 12.9. The quantitative estimate of drug-likeness (QED) is 0.686. The molecule has 1 aliphatic rings. The van der Waals surface area contributed by atoms with Crippen molar-refractivity contribution in [3.05, 3.63) is 0 Å². The van der Waals surface area contributed by atoms with Crippen molar-refractivity contribution in [3.63, 3.8) is 0 Å². The molecule has 0 saturated heterocycles. The Hall–Kier alpha value is -0.120. The summed E-state index contributed by atoms with van der Waals surface area (Å²) in [7, 11) is 1.80. The average Bonchev–Trinajstić information content (AvgIpc) is 2.31. The van der Waals surface area contributed by atoms with Crippen LogP contribution in [0.4, 0.5) is 0 Å². The van der Waals surface area contributed by atoms with Crippen molar-refractivity contribution in [2.75, 3.05) is 26.8 Å². The van der Waals surface area contributed by atoms with Crippen LogP contribution in [0.15, 0.2) is 0 Å². The van der Waals surface area contributed by atoms with Crippen LogP contribution in [0.1, 0.15) is 47.0 Å². The monoisotopic (exact) mass is 256 g/mol. The summed E-state index contributed by atoms with van der Waals surface area (Å²) in [6.07, 6.45) is 3.97. The number of methoxy groups -OCH3 is 1. The van der Waals surface area contributed by atoms with Gasteiger partial charge in [-0.3, -0.25) is 4.90 Å². The van der Waals surface area contributed by atoms with Gasteiger partial charge in [0.25, 0.3) is 0 Å². The summed E-state index contributed by atoms with van der Waals surface area (Å²) >= 11 is 0. The van der Waals surface area contributed by atoms with Crippen molar-refractivity contribution in [3.8, 4) is 0 Å². The zero-order chi connectivity index (χ0) is 13.5. The van der Waals surface area contributed by atoms with Crippen LogP contribution in [0.2, 0.25) is 0 Å². The fourth-order valence-electron chi connectivity index (χ4n) is 2.76. The lowest BCUT2D eigenvalue weighted by Crippen LogP contribution is -2.54. The molecule has 0 amide bonds. The molecule has 1 fully saturated rings. The molecule has 0 spiro atoms. The zero-order valence-electron chi connectivity index (χ0n) is 12.9. The van der Waals surface area contributed by atoms with Crippen LogP contribution >= 0.6 is 0 Å². The molecule has 3 nitrogen and oxygen atoms in total. The van der Waals surface area contributed by atoms with Crippen LogP contribution < -0.4 is 5.32 Å². The number of rotatable bonds is 9. The van der Waals surface area contributed by atoms with E-state index in [4.69, 9.17) is 4.74 Å². The van der Waals surface area contributed by atoms with Crippen molar-refractivity contribution in [2.24, 2.45) is 5.92 Å². The molecule has 18 heavy (non-hydrogen) atoms. The molecular formula is C15H32N2O. The standard InChI is InChI=1S/C15H32N2O/c1-6-13(4)17(9-10-18-5)15-8-7-14(15)11-16-12(2)3/h12-16H,6-11H2,1-5H3. The summed E-state index contributed by atoms with van der Waals surface area (Å²) in [5, 5.41) is 3.59. The minimum atomic E-state index is 0.599. The molecule has 3 atom stereocenters. The van der Waals surface area contributed by atoms with Gasteiger partial charge in [-0.05, 0) is 38.6 Å². The van der Waals surface area contributed by atoms with E-state index in [2.05, 4.69) is 37.9 Å². The van der Waals surface area contributed by atoms with Gasteiger partial charge >= 0.3 is 0 Å². The minimum Gasteiger partial charge on any atom is -0.383 e. The van der Waals surface area contributed by atoms with Gasteiger partial charge in [0.05, 0.1) is 6.61 Å². The van der Waals surface area contributed by atoms with Gasteiger partial charge in [0, 0.05) is 31.8 Å². The van der Waals surface area contributed by atoms with E-state index in [9.17, 15) is 0 Å². The van der Waals surface area contributed by atoms with Gasteiger partial charge in [0.1, 0.15) is 0 Å². The molecule has 1 aliphatic carbocycles. The van der Waals surface area contributed by atoms with Gasteiger partial charge in [-0.25, -0.2) is 0 Å². The molecule has 1 saturated carbocycles. The first kappa shape index (κ1) is 15.9. The van der Waals surface area contributed by atoms with Crippen LogP contribution in [0, 0.1) is 5.92 Å². The Morgan fingerprint density at radius 3 is 2.44 bits per heavy atom. The second kappa shape index (κ2) is 8.13. The number of nitrogens with zero attached hydrogens (tertiary/aromatic N) is 1. The van der Waals surface area contributed by atoms with Gasteiger partial charge in [-0.2, -0.15) is 0 Å². The fourth-order valence-corrected chi connectivity index (χ4v) is 2.76. The van der Waals surface area contributed by atoms with Crippen LogP contribution in [0.5, 0.6) is 0 Å². The molecule has 0 aliphatic heterocycles. The Labute approximate surface area is 113 Å². The molecule has 0 heterocycles. The van der Waals surface area contributed by atoms with Crippen molar-refractivity contribution in [1.29, 1.82) is 0 Å². The van der Waals surface area contributed by atoms with Crippen molar-refractivity contribution < 1.29 is 4.74 Å². The predicted octanol–water partition coefficient (Wildman–Crippen LogP) is 2.51. The van der Waals surface area contributed by atoms with Crippen LogP contribution in [0.3, 0.4) is 0 Å². The lowest BCUT2D eigenvalue weighted by molar-refractivity contribution is 0.0123. The molecule has 3 unspecified atom stereocenters. The number of hydrogen-bond donors (Lipinski definition) is 1. The first-order chi connectivity index (χ1) is 8.60. The fraction of sp³-hybridized carbons (Fsp3) is 1.00. The summed E-state index contributed by atoms with van der Waals surface area (Å²) < 4.78 is 5.26. The third kappa shape index (κ3) is 4.52. The highest BCUT2D eigenvalue weighted by Gasteiger charge is 2.36. The molecule has 0 aromatic rings. The summed E-state index contributed by atoms with van der Waals surface area (Å²) in [5.41, 5.74) is 0. The predicted molar refractivity (Wildman–Crippen MR) is 78.0 cm³/mol. The Balaban J connectivity index is 2.45. The Morgan fingerprint density at radius 1 is 1.28 bits per heavy atom. The molecule has 3 heteroatoms. The maximum atomic E-state index is 5.26. The smallest absolute Gasteiger partial charge is 0.0589 e. The largest absolute Gasteiger partial charge is 0.383 e. The van der Waals surface area contributed by atoms with E-state index < -0.39 is 0 Å². The topological polar surface area (TPSA) is 24.5 Å². The van der Waals surface area contributed by atoms with Gasteiger partial charge in [-0.15, -0.1) is 0 Å². The maximum Gasteiger partial charge on any atom is 0.0589 e. The van der Waals surface area contributed by atoms with Gasteiger partial charge in [-0.1, -0.05) is 20.8 Å². The van der Waals surface area contributed by atoms with Crippen LogP contribution in [-0.2, 0) is 4.74 Å². The first-order valence-electron chi connectivity index (χ1n) is 7.58. The van der Waals surface area contributed by atoms with Crippen LogP contribution in [0.25, 0.3) is 0 Å². The van der Waals surface area contributed by atoms with Gasteiger partial charge in [0.2, 0.25) is 0 Å². The van der Waals surface area contributed by atoms with E-state index in [1.807, 2.05) is 0 Å². The summed E-state index contributed by atoms with van der Waals surface area (Å²) in [4.78, 5) is 2.67. The second-order valence-corrected chi connectivity index (χ2v) is 5.96. The van der Waals surface area contributed by atoms with E-state index in [1.54, 1.807) is 7.11 Å². The lowest BCUT2D eigenvalue weighted by atomic mass is 9.77. The molecule has 1 rings (SSSR count). The van der Waals surface area contributed by atoms with Crippen LogP contribution in [-0.4, -0.2) is 49.8 Å². The van der Waals surface area contributed by atoms with Crippen molar-refractivity contribution in [1.82, 2.24) is 10.2 Å². The van der Waals surface area contributed by atoms with E-state index >= 15 is 0 Å². The number of hydrogen-bond acceptors (Lipinski definition) is 3. The van der Waals surface area contributed by atoms with Gasteiger partial charge < -0.3 is 10.1 Å². The van der Waals surface area contributed by atoms with E-state index in [1.165, 1.54) is 25.8 Å². The molecule has 108 valence electrons. The van der Waals surface area contributed by atoms with Gasteiger partial charge in [0.15, 0.2) is 0 Å². The normalized spacial score (nSPS) is 25.5. The van der Waals surface area contributed by atoms with E-state index in [0.717, 1.165) is 25.1 Å². The highest BCUT2D eigenvalue weighted by atomic mass is 16.5. The Morgan fingerprint density at radius 2 is 2.00 bits per heavy atom. The molecule has 1 N–H and O–H groups in total. The van der Waals surface area contributed by atoms with Crippen molar-refractivity contribution in [2.45, 2.75) is 65.1 Å². The highest BCUT2D eigenvalue weighted by Crippen LogP contribution is 2.33. The maximum absolute atomic E-state index is 5.26. The molecule has 0 radical (unpaired) electrons. The number of nitrogens with one attached hydrogen (secondary N) is 1. The summed E-state index contributed by atoms with van der Waals surface area (Å²) in [6, 6.07) is 2.04. The molecule has 0 aromatic carbocycles. The second-order valence-electron chi connectivity index (χ2n) is 5.96.